The molecule has 1 aromatic carbocycles. The number of benzene rings is 1. The first-order valence-electron chi connectivity index (χ1n) is 8.34. The van der Waals surface area contributed by atoms with E-state index in [0.29, 0.717) is 24.3 Å². The Kier molecular flexibility index (Phi) is 4.67. The van der Waals surface area contributed by atoms with Crippen molar-refractivity contribution in [1.29, 1.82) is 0 Å². The molecule has 2 heterocycles. The molecular weight excluding hydrogens is 339 g/mol. The molecule has 0 radical (unpaired) electrons. The molecule has 7 nitrogen and oxygen atoms in total. The van der Waals surface area contributed by atoms with Crippen molar-refractivity contribution in [3.8, 4) is 0 Å². The van der Waals surface area contributed by atoms with E-state index < -0.39 is 23.4 Å². The van der Waals surface area contributed by atoms with Crippen LogP contribution in [0.5, 0.6) is 0 Å². The lowest BCUT2D eigenvalue weighted by molar-refractivity contribution is 0.0224. The number of aromatic nitrogens is 2. The van der Waals surface area contributed by atoms with Crippen LogP contribution in [0, 0.1) is 5.82 Å². The maximum atomic E-state index is 13.8. The van der Waals surface area contributed by atoms with Gasteiger partial charge in [-0.2, -0.15) is 5.10 Å². The molecule has 1 aliphatic heterocycles. The number of H-pyrrole nitrogens is 1. The van der Waals surface area contributed by atoms with E-state index in [1.165, 1.54) is 18.2 Å². The first kappa shape index (κ1) is 17.9. The van der Waals surface area contributed by atoms with Gasteiger partial charge in [0, 0.05) is 24.2 Å². The molecule has 0 spiro atoms. The Labute approximate surface area is 150 Å². The summed E-state index contributed by atoms with van der Waals surface area (Å²) >= 11 is 0. The number of halogens is 1. The molecular formula is C18H21FN4O3. The van der Waals surface area contributed by atoms with E-state index in [1.807, 2.05) is 0 Å². The van der Waals surface area contributed by atoms with Gasteiger partial charge in [0.05, 0.1) is 12.1 Å². The largest absolute Gasteiger partial charge is 0.444 e. The number of rotatable bonds is 2. The predicted molar refractivity (Wildman–Crippen MR) is 93.3 cm³/mol. The summed E-state index contributed by atoms with van der Waals surface area (Å²) < 4.78 is 19.2. The number of aromatic amines is 1. The average molecular weight is 360 g/mol. The SMILES string of the molecule is CC(C)(C)OC(=O)N1CCc2[nH]nc(NC(=O)c3ccccc3F)c2C1. The van der Waals surface area contributed by atoms with Gasteiger partial charge in [-0.25, -0.2) is 9.18 Å². The molecule has 3 rings (SSSR count). The van der Waals surface area contributed by atoms with Gasteiger partial charge in [-0.05, 0) is 32.9 Å². The molecule has 1 aliphatic rings. The minimum atomic E-state index is -0.607. The Morgan fingerprint density at radius 2 is 2.04 bits per heavy atom. The number of ether oxygens (including phenoxy) is 1. The monoisotopic (exact) mass is 360 g/mol. The quantitative estimate of drug-likeness (QED) is 0.861. The van der Waals surface area contributed by atoms with Crippen LogP contribution in [-0.2, 0) is 17.7 Å². The van der Waals surface area contributed by atoms with Crippen molar-refractivity contribution in [3.63, 3.8) is 0 Å². The Morgan fingerprint density at radius 3 is 2.73 bits per heavy atom. The third kappa shape index (κ3) is 3.84. The van der Waals surface area contributed by atoms with Crippen LogP contribution in [-0.4, -0.2) is 39.2 Å². The molecule has 0 saturated carbocycles. The van der Waals surface area contributed by atoms with Gasteiger partial charge in [-0.3, -0.25) is 9.89 Å². The van der Waals surface area contributed by atoms with Gasteiger partial charge >= 0.3 is 6.09 Å². The second-order valence-electron chi connectivity index (χ2n) is 7.12. The molecule has 2 amide bonds. The summed E-state index contributed by atoms with van der Waals surface area (Å²) in [6.45, 7) is 6.16. The van der Waals surface area contributed by atoms with Crippen LogP contribution in [0.4, 0.5) is 15.0 Å². The fourth-order valence-corrected chi connectivity index (χ4v) is 2.70. The van der Waals surface area contributed by atoms with E-state index >= 15 is 0 Å². The lowest BCUT2D eigenvalue weighted by Gasteiger charge is -2.30. The maximum absolute atomic E-state index is 13.8. The minimum absolute atomic E-state index is 0.0657. The number of fused-ring (bicyclic) bond motifs is 1. The van der Waals surface area contributed by atoms with E-state index in [0.717, 1.165) is 5.69 Å². The minimum Gasteiger partial charge on any atom is -0.444 e. The lowest BCUT2D eigenvalue weighted by atomic mass is 10.1. The smallest absolute Gasteiger partial charge is 0.410 e. The van der Waals surface area contributed by atoms with Crippen molar-refractivity contribution in [2.45, 2.75) is 39.3 Å². The maximum Gasteiger partial charge on any atom is 0.410 e. The summed E-state index contributed by atoms with van der Waals surface area (Å²) in [5, 5.41) is 9.59. The zero-order valence-electron chi connectivity index (χ0n) is 14.9. The summed E-state index contributed by atoms with van der Waals surface area (Å²) in [5.74, 6) is -0.905. The molecule has 8 heteroatoms. The second-order valence-corrected chi connectivity index (χ2v) is 7.12. The van der Waals surface area contributed by atoms with Crippen molar-refractivity contribution >= 4 is 17.8 Å². The second kappa shape index (κ2) is 6.78. The van der Waals surface area contributed by atoms with Crippen molar-refractivity contribution in [2.75, 3.05) is 11.9 Å². The molecule has 26 heavy (non-hydrogen) atoms. The summed E-state index contributed by atoms with van der Waals surface area (Å²) in [6.07, 6.45) is 0.146. The van der Waals surface area contributed by atoms with E-state index in [-0.39, 0.29) is 12.1 Å². The summed E-state index contributed by atoms with van der Waals surface area (Å²) in [5.41, 5.74) is 0.889. The molecule has 0 atom stereocenters. The van der Waals surface area contributed by atoms with Crippen molar-refractivity contribution < 1.29 is 18.7 Å². The van der Waals surface area contributed by atoms with Crippen LogP contribution in [0.3, 0.4) is 0 Å². The topological polar surface area (TPSA) is 87.3 Å². The molecule has 0 bridgehead atoms. The van der Waals surface area contributed by atoms with E-state index in [1.54, 1.807) is 31.7 Å². The highest BCUT2D eigenvalue weighted by Crippen LogP contribution is 2.25. The number of amides is 2. The highest BCUT2D eigenvalue weighted by molar-refractivity contribution is 6.04. The first-order valence-corrected chi connectivity index (χ1v) is 8.34. The summed E-state index contributed by atoms with van der Waals surface area (Å²) in [7, 11) is 0. The van der Waals surface area contributed by atoms with Gasteiger partial charge in [0.25, 0.3) is 5.91 Å². The zero-order chi connectivity index (χ0) is 18.9. The highest BCUT2D eigenvalue weighted by atomic mass is 19.1. The fourth-order valence-electron chi connectivity index (χ4n) is 2.70. The predicted octanol–water partition coefficient (Wildman–Crippen LogP) is 3.09. The van der Waals surface area contributed by atoms with Gasteiger partial charge in [0.1, 0.15) is 11.4 Å². The van der Waals surface area contributed by atoms with Crippen molar-refractivity contribution in [3.05, 3.63) is 46.9 Å². The van der Waals surface area contributed by atoms with Crippen molar-refractivity contribution in [1.82, 2.24) is 15.1 Å². The van der Waals surface area contributed by atoms with E-state index in [2.05, 4.69) is 15.5 Å². The van der Waals surface area contributed by atoms with Crippen molar-refractivity contribution in [2.24, 2.45) is 0 Å². The molecule has 0 saturated heterocycles. The van der Waals surface area contributed by atoms with Gasteiger partial charge in [0.15, 0.2) is 5.82 Å². The standard InChI is InChI=1S/C18H21FN4O3/c1-18(2,3)26-17(25)23-9-8-14-12(10-23)15(22-21-14)20-16(24)11-6-4-5-7-13(11)19/h4-7H,8-10H2,1-3H3,(H2,20,21,22,24). The fraction of sp³-hybridized carbons (Fsp3) is 0.389. The van der Waals surface area contributed by atoms with Gasteiger partial charge in [-0.1, -0.05) is 12.1 Å². The lowest BCUT2D eigenvalue weighted by Crippen LogP contribution is -2.40. The van der Waals surface area contributed by atoms with Crippen LogP contribution in [0.1, 0.15) is 42.4 Å². The third-order valence-corrected chi connectivity index (χ3v) is 3.94. The average Bonchev–Trinajstić information content (AvgIpc) is 2.96. The third-order valence-electron chi connectivity index (χ3n) is 3.94. The van der Waals surface area contributed by atoms with Crippen LogP contribution < -0.4 is 5.32 Å². The molecule has 138 valence electrons. The molecule has 0 fully saturated rings. The molecule has 0 aliphatic carbocycles. The number of hydrogen-bond acceptors (Lipinski definition) is 4. The number of nitrogens with zero attached hydrogens (tertiary/aromatic N) is 2. The van der Waals surface area contributed by atoms with Gasteiger partial charge in [-0.15, -0.1) is 0 Å². The highest BCUT2D eigenvalue weighted by Gasteiger charge is 2.29. The molecule has 2 N–H and O–H groups in total. The number of carbonyl (C=O) groups excluding carboxylic acids is 2. The summed E-state index contributed by atoms with van der Waals surface area (Å²) in [4.78, 5) is 26.2. The van der Waals surface area contributed by atoms with Crippen LogP contribution in [0.2, 0.25) is 0 Å². The molecule has 2 aromatic rings. The number of nitrogens with one attached hydrogen (secondary N) is 2. The number of carbonyl (C=O) groups is 2. The molecule has 1 aromatic heterocycles. The first-order chi connectivity index (χ1) is 12.2. The normalized spacial score (nSPS) is 13.9. The van der Waals surface area contributed by atoms with Crippen LogP contribution in [0.25, 0.3) is 0 Å². The molecule has 0 unspecified atom stereocenters. The Balaban J connectivity index is 1.75. The Hall–Kier alpha value is -2.90. The Morgan fingerprint density at radius 1 is 1.31 bits per heavy atom. The van der Waals surface area contributed by atoms with Crippen LogP contribution >= 0.6 is 0 Å². The number of hydrogen-bond donors (Lipinski definition) is 2. The summed E-state index contributed by atoms with van der Waals surface area (Å²) in [6, 6.07) is 5.72. The number of anilines is 1. The van der Waals surface area contributed by atoms with Gasteiger partial charge in [0.2, 0.25) is 0 Å². The Bertz CT molecular complexity index is 841. The van der Waals surface area contributed by atoms with E-state index in [4.69, 9.17) is 4.74 Å². The van der Waals surface area contributed by atoms with Gasteiger partial charge < -0.3 is 15.0 Å². The van der Waals surface area contributed by atoms with E-state index in [9.17, 15) is 14.0 Å². The zero-order valence-corrected chi connectivity index (χ0v) is 14.9. The van der Waals surface area contributed by atoms with Crippen LogP contribution in [0.15, 0.2) is 24.3 Å².